The van der Waals surface area contributed by atoms with Crippen molar-refractivity contribution in [1.29, 1.82) is 0 Å². The second-order valence-electron chi connectivity index (χ2n) is 2.51. The van der Waals surface area contributed by atoms with Gasteiger partial charge in [-0.2, -0.15) is 4.68 Å². The van der Waals surface area contributed by atoms with Gasteiger partial charge in [0.1, 0.15) is 6.33 Å². The van der Waals surface area contributed by atoms with Gasteiger partial charge in [-0.3, -0.25) is 0 Å². The molecular formula is C7H7FN6. The van der Waals surface area contributed by atoms with Gasteiger partial charge in [-0.05, 0) is 0 Å². The Hall–Kier alpha value is -1.89. The van der Waals surface area contributed by atoms with Crippen LogP contribution in [0.4, 0.5) is 4.39 Å². The van der Waals surface area contributed by atoms with Crippen LogP contribution in [0.1, 0.15) is 5.82 Å². The van der Waals surface area contributed by atoms with Gasteiger partial charge in [0.15, 0.2) is 11.6 Å². The molecule has 0 saturated carbocycles. The molecule has 2 heterocycles. The van der Waals surface area contributed by atoms with Crippen molar-refractivity contribution in [2.24, 2.45) is 5.73 Å². The standard InChI is InChI=1S/C7H7FN6/c8-5-2-10-7(11-3-5)14-4-12-6(1-9)13-14/h2-4H,1,9H2. The highest BCUT2D eigenvalue weighted by atomic mass is 19.1. The second-order valence-corrected chi connectivity index (χ2v) is 2.51. The molecule has 2 N–H and O–H groups in total. The summed E-state index contributed by atoms with van der Waals surface area (Å²) in [6.45, 7) is 0.244. The number of nitrogens with two attached hydrogens (primary N) is 1. The summed E-state index contributed by atoms with van der Waals surface area (Å²) in [5.41, 5.74) is 5.33. The lowest BCUT2D eigenvalue weighted by atomic mass is 10.6. The molecule has 0 aliphatic heterocycles. The molecule has 2 rings (SSSR count). The zero-order valence-electron chi connectivity index (χ0n) is 7.13. The summed E-state index contributed by atoms with van der Waals surface area (Å²) >= 11 is 0. The van der Waals surface area contributed by atoms with Crippen molar-refractivity contribution in [3.63, 3.8) is 0 Å². The number of rotatable bonds is 2. The molecule has 6 nitrogen and oxygen atoms in total. The van der Waals surface area contributed by atoms with Crippen LogP contribution < -0.4 is 5.73 Å². The number of aromatic nitrogens is 5. The van der Waals surface area contributed by atoms with Gasteiger partial charge in [0.05, 0.1) is 18.9 Å². The Morgan fingerprint density at radius 1 is 1.29 bits per heavy atom. The summed E-state index contributed by atoms with van der Waals surface area (Å²) in [6.07, 6.45) is 3.55. The molecule has 0 saturated heterocycles. The zero-order chi connectivity index (χ0) is 9.97. The van der Waals surface area contributed by atoms with Gasteiger partial charge in [0.2, 0.25) is 0 Å². The summed E-state index contributed by atoms with van der Waals surface area (Å²) in [6, 6.07) is 0. The molecule has 0 atom stereocenters. The maximum Gasteiger partial charge on any atom is 0.252 e. The molecule has 0 fully saturated rings. The van der Waals surface area contributed by atoms with Gasteiger partial charge in [0, 0.05) is 0 Å². The van der Waals surface area contributed by atoms with Crippen LogP contribution >= 0.6 is 0 Å². The molecule has 0 amide bonds. The summed E-state index contributed by atoms with van der Waals surface area (Å²) in [4.78, 5) is 11.3. The maximum atomic E-state index is 12.5. The summed E-state index contributed by atoms with van der Waals surface area (Å²) < 4.78 is 13.8. The van der Waals surface area contributed by atoms with Crippen molar-refractivity contribution < 1.29 is 4.39 Å². The van der Waals surface area contributed by atoms with E-state index in [9.17, 15) is 4.39 Å². The molecule has 0 spiro atoms. The van der Waals surface area contributed by atoms with Crippen LogP contribution in [0.3, 0.4) is 0 Å². The Morgan fingerprint density at radius 3 is 2.57 bits per heavy atom. The van der Waals surface area contributed by atoms with E-state index in [0.29, 0.717) is 5.82 Å². The normalized spacial score (nSPS) is 10.4. The van der Waals surface area contributed by atoms with Gasteiger partial charge in [-0.25, -0.2) is 19.3 Å². The minimum atomic E-state index is -0.493. The highest BCUT2D eigenvalue weighted by Gasteiger charge is 2.03. The van der Waals surface area contributed by atoms with Crippen LogP contribution in [0.2, 0.25) is 0 Å². The molecule has 72 valence electrons. The molecule has 0 aliphatic rings. The average Bonchev–Trinajstić information content (AvgIpc) is 2.67. The van der Waals surface area contributed by atoms with Crippen molar-refractivity contribution in [3.8, 4) is 5.95 Å². The van der Waals surface area contributed by atoms with Crippen LogP contribution in [-0.2, 0) is 6.54 Å². The second kappa shape index (κ2) is 3.46. The maximum absolute atomic E-state index is 12.5. The van der Waals surface area contributed by atoms with Crippen LogP contribution in [0.5, 0.6) is 0 Å². The summed E-state index contributed by atoms with van der Waals surface area (Å²) in [5.74, 6) is 0.254. The summed E-state index contributed by atoms with van der Waals surface area (Å²) in [7, 11) is 0. The van der Waals surface area contributed by atoms with E-state index < -0.39 is 5.82 Å². The fourth-order valence-corrected chi connectivity index (χ4v) is 0.911. The number of halogens is 1. The first-order valence-corrected chi connectivity index (χ1v) is 3.88. The average molecular weight is 194 g/mol. The van der Waals surface area contributed by atoms with Gasteiger partial charge in [-0.15, -0.1) is 5.10 Å². The lowest BCUT2D eigenvalue weighted by Gasteiger charge is -1.95. The highest BCUT2D eigenvalue weighted by molar-refractivity contribution is 5.07. The van der Waals surface area contributed by atoms with Crippen LogP contribution in [-0.4, -0.2) is 24.7 Å². The van der Waals surface area contributed by atoms with E-state index in [1.54, 1.807) is 0 Å². The lowest BCUT2D eigenvalue weighted by Crippen LogP contribution is -2.04. The van der Waals surface area contributed by atoms with Gasteiger partial charge in [-0.1, -0.05) is 0 Å². The molecule has 0 unspecified atom stereocenters. The van der Waals surface area contributed by atoms with E-state index in [1.165, 1.54) is 11.0 Å². The molecule has 2 aromatic rings. The Kier molecular flexibility index (Phi) is 2.15. The third-order valence-corrected chi connectivity index (χ3v) is 1.53. The fourth-order valence-electron chi connectivity index (χ4n) is 0.911. The quantitative estimate of drug-likeness (QED) is 0.706. The Labute approximate surface area is 78.6 Å². The summed E-state index contributed by atoms with van der Waals surface area (Å²) in [5, 5.41) is 3.96. The zero-order valence-corrected chi connectivity index (χ0v) is 7.13. The van der Waals surface area contributed by atoms with Crippen LogP contribution in [0.15, 0.2) is 18.7 Å². The van der Waals surface area contributed by atoms with E-state index in [1.807, 2.05) is 0 Å². The molecule has 0 aliphatic carbocycles. The predicted octanol–water partition coefficient (Wildman–Crippen LogP) is -0.345. The van der Waals surface area contributed by atoms with Crippen molar-refractivity contribution in [2.45, 2.75) is 6.54 Å². The molecule has 7 heteroatoms. The van der Waals surface area contributed by atoms with Crippen molar-refractivity contribution in [3.05, 3.63) is 30.4 Å². The first-order valence-electron chi connectivity index (χ1n) is 3.88. The van der Waals surface area contributed by atoms with Gasteiger partial charge >= 0.3 is 0 Å². The largest absolute Gasteiger partial charge is 0.324 e. The minimum Gasteiger partial charge on any atom is -0.324 e. The predicted molar refractivity (Wildman–Crippen MR) is 44.8 cm³/mol. The van der Waals surface area contributed by atoms with Crippen LogP contribution in [0, 0.1) is 5.82 Å². The SMILES string of the molecule is NCc1ncn(-c2ncc(F)cn2)n1. The molecule has 0 bridgehead atoms. The van der Waals surface area contributed by atoms with E-state index in [-0.39, 0.29) is 12.5 Å². The Morgan fingerprint density at radius 2 is 2.00 bits per heavy atom. The number of hydrogen-bond acceptors (Lipinski definition) is 5. The van der Waals surface area contributed by atoms with E-state index in [0.717, 1.165) is 12.4 Å². The minimum absolute atomic E-state index is 0.244. The lowest BCUT2D eigenvalue weighted by molar-refractivity contribution is 0.608. The first-order chi connectivity index (χ1) is 6.79. The van der Waals surface area contributed by atoms with Crippen molar-refractivity contribution in [2.75, 3.05) is 0 Å². The van der Waals surface area contributed by atoms with E-state index in [4.69, 9.17) is 5.73 Å². The molecular weight excluding hydrogens is 187 g/mol. The molecule has 2 aromatic heterocycles. The number of nitrogens with zero attached hydrogens (tertiary/aromatic N) is 5. The third kappa shape index (κ3) is 1.57. The van der Waals surface area contributed by atoms with Gasteiger partial charge < -0.3 is 5.73 Å². The highest BCUT2D eigenvalue weighted by Crippen LogP contribution is 1.98. The van der Waals surface area contributed by atoms with Crippen molar-refractivity contribution in [1.82, 2.24) is 24.7 Å². The Balaban J connectivity index is 2.34. The third-order valence-electron chi connectivity index (χ3n) is 1.53. The van der Waals surface area contributed by atoms with E-state index in [2.05, 4.69) is 20.1 Å². The molecule has 0 aromatic carbocycles. The smallest absolute Gasteiger partial charge is 0.252 e. The fraction of sp³-hybridized carbons (Fsp3) is 0.143. The molecule has 14 heavy (non-hydrogen) atoms. The monoisotopic (exact) mass is 194 g/mol. The number of hydrogen-bond donors (Lipinski definition) is 1. The van der Waals surface area contributed by atoms with Gasteiger partial charge in [0.25, 0.3) is 5.95 Å². The first kappa shape index (κ1) is 8.70. The molecule has 0 radical (unpaired) electrons. The Bertz CT molecular complexity index is 422. The van der Waals surface area contributed by atoms with Crippen LogP contribution in [0.25, 0.3) is 5.95 Å². The van der Waals surface area contributed by atoms with Crippen molar-refractivity contribution >= 4 is 0 Å². The van der Waals surface area contributed by atoms with E-state index >= 15 is 0 Å². The topological polar surface area (TPSA) is 82.5 Å².